The number of aryl methyl sites for hydroxylation is 1. The molecule has 0 bridgehead atoms. The number of nitrogens with zero attached hydrogens (tertiary/aromatic N) is 4. The van der Waals surface area contributed by atoms with Crippen molar-refractivity contribution in [2.24, 2.45) is 0 Å². The molecule has 4 aromatic rings. The van der Waals surface area contributed by atoms with Gasteiger partial charge in [0, 0.05) is 11.1 Å². The highest BCUT2D eigenvalue weighted by Gasteiger charge is 2.10. The van der Waals surface area contributed by atoms with Gasteiger partial charge in [0.15, 0.2) is 0 Å². The van der Waals surface area contributed by atoms with Crippen molar-refractivity contribution in [1.82, 2.24) is 19.7 Å². The summed E-state index contributed by atoms with van der Waals surface area (Å²) in [6.07, 6.45) is 3.05. The zero-order valence-electron chi connectivity index (χ0n) is 12.8. The number of fused-ring (bicyclic) bond motifs is 1. The standard InChI is InChI=1S/C17H13N5O2/c1-11-7-12-8-13(5-6-15(12)24-11)20-17(23)14-3-2-4-16(21-14)22-9-18-19-10-22/h2-10H,1H3,(H,20,23). The van der Waals surface area contributed by atoms with Crippen LogP contribution in [-0.4, -0.2) is 25.7 Å². The van der Waals surface area contributed by atoms with Crippen LogP contribution in [0.3, 0.4) is 0 Å². The lowest BCUT2D eigenvalue weighted by molar-refractivity contribution is 0.102. The van der Waals surface area contributed by atoms with E-state index in [-0.39, 0.29) is 5.91 Å². The van der Waals surface area contributed by atoms with E-state index < -0.39 is 0 Å². The molecule has 0 atom stereocenters. The van der Waals surface area contributed by atoms with Crippen molar-refractivity contribution in [2.75, 3.05) is 5.32 Å². The summed E-state index contributed by atoms with van der Waals surface area (Å²) in [5.74, 6) is 1.12. The lowest BCUT2D eigenvalue weighted by atomic mass is 10.2. The van der Waals surface area contributed by atoms with Crippen LogP contribution in [0.25, 0.3) is 16.8 Å². The van der Waals surface area contributed by atoms with E-state index in [0.717, 1.165) is 16.7 Å². The number of anilines is 1. The molecule has 24 heavy (non-hydrogen) atoms. The van der Waals surface area contributed by atoms with Gasteiger partial charge in [0.05, 0.1) is 0 Å². The lowest BCUT2D eigenvalue weighted by Gasteiger charge is -2.06. The van der Waals surface area contributed by atoms with Gasteiger partial charge >= 0.3 is 0 Å². The summed E-state index contributed by atoms with van der Waals surface area (Å²) < 4.78 is 7.17. The van der Waals surface area contributed by atoms with Crippen molar-refractivity contribution in [3.05, 3.63) is 66.6 Å². The summed E-state index contributed by atoms with van der Waals surface area (Å²) in [6, 6.07) is 12.6. The Hall–Kier alpha value is -3.48. The number of furan rings is 1. The summed E-state index contributed by atoms with van der Waals surface area (Å²) in [5, 5.41) is 11.3. The number of benzene rings is 1. The summed E-state index contributed by atoms with van der Waals surface area (Å²) >= 11 is 0. The minimum atomic E-state index is -0.288. The Morgan fingerprint density at radius 1 is 1.12 bits per heavy atom. The molecule has 7 nitrogen and oxygen atoms in total. The summed E-state index contributed by atoms with van der Waals surface area (Å²) in [5.41, 5.74) is 1.78. The van der Waals surface area contributed by atoms with E-state index in [1.54, 1.807) is 28.8 Å². The molecule has 3 aromatic heterocycles. The first-order chi connectivity index (χ1) is 11.7. The number of pyridine rings is 1. The zero-order valence-corrected chi connectivity index (χ0v) is 12.8. The number of hydrogen-bond acceptors (Lipinski definition) is 5. The van der Waals surface area contributed by atoms with E-state index in [9.17, 15) is 4.79 Å². The summed E-state index contributed by atoms with van der Waals surface area (Å²) in [7, 11) is 0. The Morgan fingerprint density at radius 2 is 1.96 bits per heavy atom. The molecular weight excluding hydrogens is 306 g/mol. The second kappa shape index (κ2) is 5.62. The maximum Gasteiger partial charge on any atom is 0.274 e. The first kappa shape index (κ1) is 14.1. The molecule has 0 fully saturated rings. The van der Waals surface area contributed by atoms with Crippen LogP contribution < -0.4 is 5.32 Å². The molecule has 0 saturated heterocycles. The molecule has 1 aromatic carbocycles. The summed E-state index contributed by atoms with van der Waals surface area (Å²) in [4.78, 5) is 16.8. The minimum absolute atomic E-state index is 0.288. The quantitative estimate of drug-likeness (QED) is 0.627. The van der Waals surface area contributed by atoms with Gasteiger partial charge in [-0.2, -0.15) is 0 Å². The second-order valence-electron chi connectivity index (χ2n) is 5.31. The average molecular weight is 319 g/mol. The van der Waals surface area contributed by atoms with Gasteiger partial charge in [-0.3, -0.25) is 9.36 Å². The highest BCUT2D eigenvalue weighted by Crippen LogP contribution is 2.23. The molecule has 118 valence electrons. The van der Waals surface area contributed by atoms with E-state index in [2.05, 4.69) is 20.5 Å². The predicted molar refractivity (Wildman–Crippen MR) is 88.1 cm³/mol. The fourth-order valence-electron chi connectivity index (χ4n) is 2.46. The molecule has 0 radical (unpaired) electrons. The van der Waals surface area contributed by atoms with Crippen molar-refractivity contribution < 1.29 is 9.21 Å². The van der Waals surface area contributed by atoms with Crippen molar-refractivity contribution >= 4 is 22.6 Å². The molecule has 0 spiro atoms. The van der Waals surface area contributed by atoms with Gasteiger partial charge in [0.1, 0.15) is 35.5 Å². The van der Waals surface area contributed by atoms with Gasteiger partial charge in [0.25, 0.3) is 5.91 Å². The van der Waals surface area contributed by atoms with Crippen LogP contribution in [0, 0.1) is 6.92 Å². The number of rotatable bonds is 3. The van der Waals surface area contributed by atoms with Crippen LogP contribution in [0.1, 0.15) is 16.2 Å². The maximum absolute atomic E-state index is 12.4. The van der Waals surface area contributed by atoms with E-state index in [1.165, 1.54) is 12.7 Å². The number of carbonyl (C=O) groups is 1. The third kappa shape index (κ3) is 2.63. The maximum atomic E-state index is 12.4. The van der Waals surface area contributed by atoms with Crippen molar-refractivity contribution in [2.45, 2.75) is 6.92 Å². The first-order valence-corrected chi connectivity index (χ1v) is 7.33. The van der Waals surface area contributed by atoms with Gasteiger partial charge in [-0.15, -0.1) is 10.2 Å². The topological polar surface area (TPSA) is 85.8 Å². The van der Waals surface area contributed by atoms with Crippen molar-refractivity contribution in [3.63, 3.8) is 0 Å². The Balaban J connectivity index is 1.60. The lowest BCUT2D eigenvalue weighted by Crippen LogP contribution is -2.14. The van der Waals surface area contributed by atoms with Crippen LogP contribution in [0.5, 0.6) is 0 Å². The van der Waals surface area contributed by atoms with Gasteiger partial charge in [-0.1, -0.05) is 6.07 Å². The molecule has 1 amide bonds. The van der Waals surface area contributed by atoms with E-state index in [0.29, 0.717) is 17.2 Å². The highest BCUT2D eigenvalue weighted by molar-refractivity contribution is 6.03. The van der Waals surface area contributed by atoms with Gasteiger partial charge in [0.2, 0.25) is 0 Å². The van der Waals surface area contributed by atoms with E-state index in [1.807, 2.05) is 25.1 Å². The fraction of sp³-hybridized carbons (Fsp3) is 0.0588. The third-order valence-corrected chi connectivity index (χ3v) is 3.55. The van der Waals surface area contributed by atoms with Crippen LogP contribution in [0.2, 0.25) is 0 Å². The smallest absolute Gasteiger partial charge is 0.274 e. The Morgan fingerprint density at radius 3 is 2.79 bits per heavy atom. The first-order valence-electron chi connectivity index (χ1n) is 7.33. The number of carbonyl (C=O) groups excluding carboxylic acids is 1. The molecule has 0 aliphatic carbocycles. The Labute approximate surface area is 137 Å². The minimum Gasteiger partial charge on any atom is -0.461 e. The SMILES string of the molecule is Cc1cc2cc(NC(=O)c3cccc(-n4cnnc4)n3)ccc2o1. The third-order valence-electron chi connectivity index (χ3n) is 3.55. The zero-order chi connectivity index (χ0) is 16.5. The largest absolute Gasteiger partial charge is 0.461 e. The van der Waals surface area contributed by atoms with Crippen LogP contribution in [0.4, 0.5) is 5.69 Å². The molecule has 0 aliphatic heterocycles. The van der Waals surface area contributed by atoms with Gasteiger partial charge in [-0.25, -0.2) is 4.98 Å². The van der Waals surface area contributed by atoms with Crippen molar-refractivity contribution in [3.8, 4) is 5.82 Å². The fourth-order valence-corrected chi connectivity index (χ4v) is 2.46. The van der Waals surface area contributed by atoms with Gasteiger partial charge in [-0.05, 0) is 43.3 Å². The Bertz CT molecular complexity index is 1020. The average Bonchev–Trinajstić information content (AvgIpc) is 3.23. The monoisotopic (exact) mass is 319 g/mol. The van der Waals surface area contributed by atoms with E-state index in [4.69, 9.17) is 4.42 Å². The predicted octanol–water partition coefficient (Wildman–Crippen LogP) is 2.97. The van der Waals surface area contributed by atoms with Crippen LogP contribution in [0.15, 0.2) is 59.5 Å². The van der Waals surface area contributed by atoms with Gasteiger partial charge < -0.3 is 9.73 Å². The molecule has 7 heteroatoms. The molecule has 0 aliphatic rings. The second-order valence-corrected chi connectivity index (χ2v) is 5.31. The molecular formula is C17H13N5O2. The summed E-state index contributed by atoms with van der Waals surface area (Å²) in [6.45, 7) is 1.89. The van der Waals surface area contributed by atoms with Crippen LogP contribution >= 0.6 is 0 Å². The highest BCUT2D eigenvalue weighted by atomic mass is 16.3. The Kier molecular flexibility index (Phi) is 3.31. The number of aromatic nitrogens is 4. The molecule has 0 unspecified atom stereocenters. The van der Waals surface area contributed by atoms with Crippen molar-refractivity contribution in [1.29, 1.82) is 0 Å². The molecule has 3 heterocycles. The number of nitrogens with one attached hydrogen (secondary N) is 1. The number of hydrogen-bond donors (Lipinski definition) is 1. The van der Waals surface area contributed by atoms with E-state index >= 15 is 0 Å². The molecule has 0 saturated carbocycles. The molecule has 1 N–H and O–H groups in total. The van der Waals surface area contributed by atoms with Crippen LogP contribution in [-0.2, 0) is 0 Å². The normalized spacial score (nSPS) is 10.9. The number of amides is 1. The molecule has 4 rings (SSSR count).